The molecule has 0 saturated heterocycles. The zero-order chi connectivity index (χ0) is 19.8. The van der Waals surface area contributed by atoms with E-state index >= 15 is 0 Å². The highest BCUT2D eigenvalue weighted by Gasteiger charge is 2.26. The van der Waals surface area contributed by atoms with Gasteiger partial charge in [-0.1, -0.05) is 48.9 Å². The summed E-state index contributed by atoms with van der Waals surface area (Å²) in [4.78, 5) is 26.9. The van der Waals surface area contributed by atoms with Crippen LogP contribution in [0.4, 0.5) is 4.39 Å². The van der Waals surface area contributed by atoms with Gasteiger partial charge in [-0.05, 0) is 43.5 Å². The molecule has 27 heavy (non-hydrogen) atoms. The Morgan fingerprint density at radius 2 is 1.63 bits per heavy atom. The summed E-state index contributed by atoms with van der Waals surface area (Å²) >= 11 is 0. The molecular weight excluding hydrogens is 343 g/mol. The average molecular weight is 370 g/mol. The summed E-state index contributed by atoms with van der Waals surface area (Å²) in [7, 11) is 0. The maximum Gasteiger partial charge on any atom is 0.242 e. The molecule has 0 saturated carbocycles. The van der Waals surface area contributed by atoms with Crippen molar-refractivity contribution < 1.29 is 14.0 Å². The largest absolute Gasteiger partial charge is 0.354 e. The highest BCUT2D eigenvalue weighted by atomic mass is 19.1. The first-order valence-corrected chi connectivity index (χ1v) is 9.28. The van der Waals surface area contributed by atoms with Gasteiger partial charge < -0.3 is 10.2 Å². The van der Waals surface area contributed by atoms with E-state index in [2.05, 4.69) is 5.32 Å². The molecule has 2 aromatic carbocycles. The summed E-state index contributed by atoms with van der Waals surface area (Å²) in [5.74, 6) is -0.649. The second kappa shape index (κ2) is 9.86. The van der Waals surface area contributed by atoms with E-state index in [0.29, 0.717) is 6.54 Å². The predicted molar refractivity (Wildman–Crippen MR) is 105 cm³/mol. The lowest BCUT2D eigenvalue weighted by Gasteiger charge is -2.29. The number of nitrogens with one attached hydrogen (secondary N) is 1. The summed E-state index contributed by atoms with van der Waals surface area (Å²) in [6.07, 6.45) is 1.04. The lowest BCUT2D eigenvalue weighted by Crippen LogP contribution is -2.48. The number of aryl methyl sites for hydroxylation is 1. The van der Waals surface area contributed by atoms with E-state index in [1.54, 1.807) is 24.0 Å². The molecule has 2 amide bonds. The summed E-state index contributed by atoms with van der Waals surface area (Å²) in [5, 5.41) is 2.84. The zero-order valence-electron chi connectivity index (χ0n) is 16.2. The molecule has 0 spiro atoms. The number of carbonyl (C=O) groups is 2. The van der Waals surface area contributed by atoms with E-state index in [9.17, 15) is 14.0 Å². The van der Waals surface area contributed by atoms with Crippen LogP contribution in [-0.4, -0.2) is 29.3 Å². The van der Waals surface area contributed by atoms with Gasteiger partial charge in [0.15, 0.2) is 0 Å². The third kappa shape index (κ3) is 6.20. The smallest absolute Gasteiger partial charge is 0.242 e. The number of hydrogen-bond acceptors (Lipinski definition) is 2. The topological polar surface area (TPSA) is 49.4 Å². The molecule has 5 heteroatoms. The van der Waals surface area contributed by atoms with Crippen LogP contribution in [0.25, 0.3) is 0 Å². The van der Waals surface area contributed by atoms with Gasteiger partial charge in [-0.25, -0.2) is 4.39 Å². The van der Waals surface area contributed by atoms with E-state index in [1.807, 2.05) is 38.1 Å². The summed E-state index contributed by atoms with van der Waals surface area (Å²) in [6.45, 7) is 6.52. The Morgan fingerprint density at radius 1 is 1.04 bits per heavy atom. The molecule has 0 aliphatic heterocycles. The van der Waals surface area contributed by atoms with E-state index in [-0.39, 0.29) is 30.6 Å². The maximum atomic E-state index is 13.2. The summed E-state index contributed by atoms with van der Waals surface area (Å²) in [5.41, 5.74) is 2.81. The Labute approximate surface area is 160 Å². The quantitative estimate of drug-likeness (QED) is 0.772. The number of nitrogens with zero attached hydrogens (tertiary/aromatic N) is 1. The molecule has 2 rings (SSSR count). The minimum absolute atomic E-state index is 0.137. The molecule has 0 fully saturated rings. The van der Waals surface area contributed by atoms with Crippen molar-refractivity contribution in [1.29, 1.82) is 0 Å². The lowest BCUT2D eigenvalue weighted by molar-refractivity contribution is -0.140. The SMILES string of the molecule is CCCNC(=O)[C@@H](C)N(Cc1ccc(F)cc1)C(=O)Cc1ccc(C)cc1. The van der Waals surface area contributed by atoms with E-state index in [0.717, 1.165) is 23.1 Å². The van der Waals surface area contributed by atoms with Crippen molar-refractivity contribution in [3.63, 3.8) is 0 Å². The minimum atomic E-state index is -0.612. The molecule has 144 valence electrons. The van der Waals surface area contributed by atoms with Crippen LogP contribution in [0.1, 0.15) is 37.0 Å². The molecule has 0 aliphatic carbocycles. The van der Waals surface area contributed by atoms with E-state index in [4.69, 9.17) is 0 Å². The van der Waals surface area contributed by atoms with Crippen molar-refractivity contribution in [2.75, 3.05) is 6.54 Å². The predicted octanol–water partition coefficient (Wildman–Crippen LogP) is 3.62. The van der Waals surface area contributed by atoms with Gasteiger partial charge >= 0.3 is 0 Å². The van der Waals surface area contributed by atoms with Gasteiger partial charge in [0, 0.05) is 13.1 Å². The van der Waals surface area contributed by atoms with Crippen LogP contribution in [0, 0.1) is 12.7 Å². The zero-order valence-corrected chi connectivity index (χ0v) is 16.2. The average Bonchev–Trinajstić information content (AvgIpc) is 2.66. The van der Waals surface area contributed by atoms with Crippen LogP contribution >= 0.6 is 0 Å². The first-order valence-electron chi connectivity index (χ1n) is 9.28. The molecule has 2 aromatic rings. The number of halogens is 1. The number of carbonyl (C=O) groups excluding carboxylic acids is 2. The monoisotopic (exact) mass is 370 g/mol. The molecule has 1 atom stereocenters. The summed E-state index contributed by atoms with van der Waals surface area (Å²) in [6, 6.07) is 13.2. The lowest BCUT2D eigenvalue weighted by atomic mass is 10.1. The van der Waals surface area contributed by atoms with E-state index < -0.39 is 6.04 Å². The van der Waals surface area contributed by atoms with Gasteiger partial charge in [-0.15, -0.1) is 0 Å². The van der Waals surface area contributed by atoms with Crippen LogP contribution in [0.15, 0.2) is 48.5 Å². The Morgan fingerprint density at radius 3 is 2.22 bits per heavy atom. The number of benzene rings is 2. The van der Waals surface area contributed by atoms with Crippen molar-refractivity contribution in [2.24, 2.45) is 0 Å². The fraction of sp³-hybridized carbons (Fsp3) is 0.364. The third-order valence-corrected chi connectivity index (χ3v) is 4.46. The second-order valence-electron chi connectivity index (χ2n) is 6.78. The van der Waals surface area contributed by atoms with Crippen LogP contribution in [0.5, 0.6) is 0 Å². The molecular formula is C22H27FN2O2. The molecule has 1 N–H and O–H groups in total. The molecule has 0 bridgehead atoms. The first-order chi connectivity index (χ1) is 12.9. The summed E-state index contributed by atoms with van der Waals surface area (Å²) < 4.78 is 13.2. The molecule has 0 aromatic heterocycles. The van der Waals surface area contributed by atoms with Crippen molar-refractivity contribution in [3.05, 3.63) is 71.0 Å². The molecule has 0 radical (unpaired) electrons. The van der Waals surface area contributed by atoms with Crippen LogP contribution in [-0.2, 0) is 22.6 Å². The third-order valence-electron chi connectivity index (χ3n) is 4.46. The van der Waals surface area contributed by atoms with Crippen LogP contribution in [0.3, 0.4) is 0 Å². The van der Waals surface area contributed by atoms with Gasteiger partial charge in [0.1, 0.15) is 11.9 Å². The fourth-order valence-electron chi connectivity index (χ4n) is 2.75. The Balaban J connectivity index is 2.18. The number of rotatable bonds is 8. The van der Waals surface area contributed by atoms with Crippen molar-refractivity contribution in [1.82, 2.24) is 10.2 Å². The standard InChI is InChI=1S/C22H27FN2O2/c1-4-13-24-22(27)17(3)25(15-19-9-11-20(23)12-10-19)21(26)14-18-7-5-16(2)6-8-18/h5-12,17H,4,13-15H2,1-3H3,(H,24,27)/t17-/m1/s1. The number of hydrogen-bond donors (Lipinski definition) is 1. The highest BCUT2D eigenvalue weighted by Crippen LogP contribution is 2.13. The number of amides is 2. The van der Waals surface area contributed by atoms with Crippen molar-refractivity contribution in [2.45, 2.75) is 46.2 Å². The van der Waals surface area contributed by atoms with Crippen LogP contribution in [0.2, 0.25) is 0 Å². The normalized spacial score (nSPS) is 11.7. The molecule has 0 aliphatic rings. The highest BCUT2D eigenvalue weighted by molar-refractivity contribution is 5.88. The van der Waals surface area contributed by atoms with Gasteiger partial charge in [0.25, 0.3) is 0 Å². The van der Waals surface area contributed by atoms with Crippen molar-refractivity contribution in [3.8, 4) is 0 Å². The van der Waals surface area contributed by atoms with Gasteiger partial charge in [-0.3, -0.25) is 9.59 Å². The van der Waals surface area contributed by atoms with Gasteiger partial charge in [-0.2, -0.15) is 0 Å². The maximum absolute atomic E-state index is 13.2. The van der Waals surface area contributed by atoms with Gasteiger partial charge in [0.05, 0.1) is 6.42 Å². The molecule has 0 unspecified atom stereocenters. The molecule has 4 nitrogen and oxygen atoms in total. The minimum Gasteiger partial charge on any atom is -0.354 e. The Hall–Kier alpha value is -2.69. The molecule has 0 heterocycles. The van der Waals surface area contributed by atoms with Crippen LogP contribution < -0.4 is 5.32 Å². The Bertz CT molecular complexity index is 757. The Kier molecular flexibility index (Phi) is 7.53. The first kappa shape index (κ1) is 20.6. The van der Waals surface area contributed by atoms with E-state index in [1.165, 1.54) is 12.1 Å². The second-order valence-corrected chi connectivity index (χ2v) is 6.78. The van der Waals surface area contributed by atoms with Gasteiger partial charge in [0.2, 0.25) is 11.8 Å². The van der Waals surface area contributed by atoms with Crippen molar-refractivity contribution >= 4 is 11.8 Å². The fourth-order valence-corrected chi connectivity index (χ4v) is 2.75.